The summed E-state index contributed by atoms with van der Waals surface area (Å²) in [6, 6.07) is 9.82. The van der Waals surface area contributed by atoms with Crippen LogP contribution in [0.2, 0.25) is 10.2 Å². The van der Waals surface area contributed by atoms with Crippen molar-refractivity contribution in [3.8, 4) is 11.6 Å². The molecule has 26 heavy (non-hydrogen) atoms. The smallest absolute Gasteiger partial charge is 0.253 e. The van der Waals surface area contributed by atoms with Crippen LogP contribution in [0.5, 0.6) is 11.6 Å². The fraction of sp³-hybridized carbons (Fsp3) is 0.368. The second-order valence-electron chi connectivity index (χ2n) is 6.51. The highest BCUT2D eigenvalue weighted by Gasteiger charge is 2.29. The van der Waals surface area contributed by atoms with Crippen LogP contribution in [-0.2, 0) is 0 Å². The van der Waals surface area contributed by atoms with Gasteiger partial charge in [-0.2, -0.15) is 0 Å². The second kappa shape index (κ2) is 8.25. The zero-order valence-electron chi connectivity index (χ0n) is 14.2. The third-order valence-electron chi connectivity index (χ3n) is 4.46. The summed E-state index contributed by atoms with van der Waals surface area (Å²) in [6.07, 6.45) is 4.47. The van der Waals surface area contributed by atoms with E-state index in [4.69, 9.17) is 27.9 Å². The first-order chi connectivity index (χ1) is 12.5. The molecule has 5 nitrogen and oxygen atoms in total. The number of nitrogens with one attached hydrogen (secondary N) is 1. The number of rotatable bonds is 5. The summed E-state index contributed by atoms with van der Waals surface area (Å²) in [5, 5.41) is 13.9. The lowest BCUT2D eigenvalue weighted by molar-refractivity contribution is 0.00526. The van der Waals surface area contributed by atoms with Gasteiger partial charge in [0.2, 0.25) is 5.88 Å². The van der Waals surface area contributed by atoms with Crippen molar-refractivity contribution in [1.29, 1.82) is 0 Å². The normalized spacial score (nSPS) is 16.1. The van der Waals surface area contributed by atoms with E-state index >= 15 is 0 Å². The number of aliphatic hydroxyl groups is 1. The average Bonchev–Trinajstić information content (AvgIpc) is 2.62. The topological polar surface area (TPSA) is 71.5 Å². The number of carbonyl (C=O) groups excluding carboxylic acids is 1. The molecule has 3 rings (SSSR count). The minimum atomic E-state index is -0.834. The van der Waals surface area contributed by atoms with Gasteiger partial charge in [0.1, 0.15) is 10.9 Å². The Morgan fingerprint density at radius 3 is 2.69 bits per heavy atom. The van der Waals surface area contributed by atoms with Crippen molar-refractivity contribution in [2.45, 2.75) is 37.7 Å². The number of halogens is 2. The molecule has 0 unspecified atom stereocenters. The Labute approximate surface area is 162 Å². The number of amides is 1. The highest BCUT2D eigenvalue weighted by molar-refractivity contribution is 6.33. The van der Waals surface area contributed by atoms with E-state index in [1.807, 2.05) is 0 Å². The van der Waals surface area contributed by atoms with E-state index in [9.17, 15) is 9.90 Å². The minimum Gasteiger partial charge on any atom is -0.439 e. The minimum absolute atomic E-state index is 0.211. The zero-order valence-corrected chi connectivity index (χ0v) is 15.7. The summed E-state index contributed by atoms with van der Waals surface area (Å²) in [6.45, 7) is 0.211. The fourth-order valence-electron chi connectivity index (χ4n) is 3.04. The van der Waals surface area contributed by atoms with Crippen LogP contribution >= 0.6 is 23.2 Å². The SMILES string of the molecule is O=C(NCC1(O)CCCCC1)c1cc(Oc2cccc(Cl)n2)ccc1Cl. The van der Waals surface area contributed by atoms with Gasteiger partial charge < -0.3 is 15.2 Å². The van der Waals surface area contributed by atoms with E-state index in [-0.39, 0.29) is 18.0 Å². The van der Waals surface area contributed by atoms with Crippen molar-refractivity contribution >= 4 is 29.1 Å². The number of aromatic nitrogens is 1. The molecule has 1 aromatic heterocycles. The first-order valence-corrected chi connectivity index (χ1v) is 9.31. The standard InChI is InChI=1S/C19H20Cl2N2O3/c20-15-8-7-13(26-17-6-4-5-16(21)23-17)11-14(15)18(24)22-12-19(25)9-2-1-3-10-19/h4-8,11,25H,1-3,9-10,12H2,(H,22,24). The van der Waals surface area contributed by atoms with E-state index in [2.05, 4.69) is 10.3 Å². The van der Waals surface area contributed by atoms with Crippen molar-refractivity contribution in [1.82, 2.24) is 10.3 Å². The zero-order chi connectivity index (χ0) is 18.6. The molecule has 1 aliphatic rings. The summed E-state index contributed by atoms with van der Waals surface area (Å²) < 4.78 is 5.64. The van der Waals surface area contributed by atoms with Crippen LogP contribution in [0.1, 0.15) is 42.5 Å². The molecule has 0 bridgehead atoms. The lowest BCUT2D eigenvalue weighted by Gasteiger charge is -2.32. The Balaban J connectivity index is 1.69. The molecular formula is C19H20Cl2N2O3. The Kier molecular flexibility index (Phi) is 6.01. The summed E-state index contributed by atoms with van der Waals surface area (Å²) in [7, 11) is 0. The van der Waals surface area contributed by atoms with Crippen LogP contribution in [0, 0.1) is 0 Å². The number of pyridine rings is 1. The Morgan fingerprint density at radius 1 is 1.19 bits per heavy atom. The van der Waals surface area contributed by atoms with Crippen LogP contribution in [0.25, 0.3) is 0 Å². The Morgan fingerprint density at radius 2 is 1.96 bits per heavy atom. The maximum absolute atomic E-state index is 12.5. The van der Waals surface area contributed by atoms with Gasteiger partial charge in [0, 0.05) is 12.6 Å². The molecule has 0 radical (unpaired) electrons. The van der Waals surface area contributed by atoms with Gasteiger partial charge in [0.05, 0.1) is 16.2 Å². The van der Waals surface area contributed by atoms with E-state index in [1.54, 1.807) is 36.4 Å². The maximum atomic E-state index is 12.5. The first-order valence-electron chi connectivity index (χ1n) is 8.56. The third-order valence-corrected chi connectivity index (χ3v) is 5.00. The molecule has 1 saturated carbocycles. The number of carbonyl (C=O) groups is 1. The lowest BCUT2D eigenvalue weighted by Crippen LogP contribution is -2.44. The van der Waals surface area contributed by atoms with Crippen molar-refractivity contribution in [2.24, 2.45) is 0 Å². The van der Waals surface area contributed by atoms with Crippen LogP contribution in [0.3, 0.4) is 0 Å². The predicted octanol–water partition coefficient (Wildman–Crippen LogP) is 4.61. The molecule has 1 amide bonds. The summed E-state index contributed by atoms with van der Waals surface area (Å²) in [5.74, 6) is 0.395. The van der Waals surface area contributed by atoms with Gasteiger partial charge in [-0.15, -0.1) is 0 Å². The average molecular weight is 395 g/mol. The molecule has 1 heterocycles. The monoisotopic (exact) mass is 394 g/mol. The van der Waals surface area contributed by atoms with Crippen molar-refractivity contribution in [3.63, 3.8) is 0 Å². The van der Waals surface area contributed by atoms with Crippen molar-refractivity contribution < 1.29 is 14.6 Å². The predicted molar refractivity (Wildman–Crippen MR) is 101 cm³/mol. The largest absolute Gasteiger partial charge is 0.439 e. The van der Waals surface area contributed by atoms with Gasteiger partial charge in [-0.25, -0.2) is 4.98 Å². The number of hydrogen-bond donors (Lipinski definition) is 2. The Bertz CT molecular complexity index is 792. The van der Waals surface area contributed by atoms with E-state index in [0.29, 0.717) is 34.6 Å². The van der Waals surface area contributed by atoms with Gasteiger partial charge in [-0.05, 0) is 37.1 Å². The molecule has 0 saturated heterocycles. The molecule has 1 fully saturated rings. The van der Waals surface area contributed by atoms with Gasteiger partial charge >= 0.3 is 0 Å². The summed E-state index contributed by atoms with van der Waals surface area (Å²) >= 11 is 12.0. The van der Waals surface area contributed by atoms with E-state index in [1.165, 1.54) is 0 Å². The molecule has 7 heteroatoms. The maximum Gasteiger partial charge on any atom is 0.253 e. The van der Waals surface area contributed by atoms with Crippen LogP contribution in [0.15, 0.2) is 36.4 Å². The first kappa shape index (κ1) is 19.0. The van der Waals surface area contributed by atoms with Gasteiger partial charge in [-0.1, -0.05) is 48.5 Å². The molecular weight excluding hydrogens is 375 g/mol. The van der Waals surface area contributed by atoms with Crippen LogP contribution < -0.4 is 10.1 Å². The van der Waals surface area contributed by atoms with Gasteiger partial charge in [-0.3, -0.25) is 4.79 Å². The molecule has 2 N–H and O–H groups in total. The molecule has 138 valence electrons. The molecule has 0 aliphatic heterocycles. The summed E-state index contributed by atoms with van der Waals surface area (Å²) in [5.41, 5.74) is -0.551. The van der Waals surface area contributed by atoms with Crippen LogP contribution in [0.4, 0.5) is 0 Å². The number of nitrogens with zero attached hydrogens (tertiary/aromatic N) is 1. The highest BCUT2D eigenvalue weighted by Crippen LogP contribution is 2.29. The van der Waals surface area contributed by atoms with Crippen LogP contribution in [-0.4, -0.2) is 28.1 Å². The van der Waals surface area contributed by atoms with Crippen molar-refractivity contribution in [3.05, 3.63) is 52.1 Å². The van der Waals surface area contributed by atoms with Crippen molar-refractivity contribution in [2.75, 3.05) is 6.54 Å². The Hall–Kier alpha value is -1.82. The third kappa shape index (κ3) is 4.87. The lowest BCUT2D eigenvalue weighted by atomic mass is 9.85. The molecule has 0 atom stereocenters. The second-order valence-corrected chi connectivity index (χ2v) is 7.30. The molecule has 2 aromatic rings. The highest BCUT2D eigenvalue weighted by atomic mass is 35.5. The number of benzene rings is 1. The molecule has 1 aliphatic carbocycles. The summed E-state index contributed by atoms with van der Waals surface area (Å²) in [4.78, 5) is 16.6. The quantitative estimate of drug-likeness (QED) is 0.726. The molecule has 0 spiro atoms. The fourth-order valence-corrected chi connectivity index (χ4v) is 3.40. The van der Waals surface area contributed by atoms with Gasteiger partial charge in [0.25, 0.3) is 5.91 Å². The number of ether oxygens (including phenoxy) is 1. The van der Waals surface area contributed by atoms with E-state index in [0.717, 1.165) is 19.3 Å². The van der Waals surface area contributed by atoms with E-state index < -0.39 is 5.60 Å². The van der Waals surface area contributed by atoms with Gasteiger partial charge in [0.15, 0.2) is 0 Å². The molecule has 1 aromatic carbocycles. The number of hydrogen-bond acceptors (Lipinski definition) is 4.